The predicted octanol–water partition coefficient (Wildman–Crippen LogP) is 5.05. The van der Waals surface area contributed by atoms with E-state index < -0.39 is 0 Å². The molecule has 0 saturated heterocycles. The first-order valence-corrected chi connectivity index (χ1v) is 7.04. The molecule has 3 aromatic rings. The number of rotatable bonds is 2. The van der Waals surface area contributed by atoms with Gasteiger partial charge in [-0.05, 0) is 24.3 Å². The summed E-state index contributed by atoms with van der Waals surface area (Å²) in [6.45, 7) is 0. The van der Waals surface area contributed by atoms with Gasteiger partial charge in [0.25, 0.3) is 0 Å². The lowest BCUT2D eigenvalue weighted by molar-refractivity contribution is 0.515. The van der Waals surface area contributed by atoms with Crippen LogP contribution in [0.3, 0.4) is 0 Å². The third-order valence-corrected chi connectivity index (χ3v) is 3.52. The minimum atomic E-state index is 0.203. The van der Waals surface area contributed by atoms with Gasteiger partial charge in [0.2, 0.25) is 0 Å². The average Bonchev–Trinajstić information content (AvgIpc) is 2.47. The highest BCUT2D eigenvalue weighted by atomic mass is 79.9. The Hall–Kier alpha value is -2.13. The van der Waals surface area contributed by atoms with Crippen LogP contribution in [0.4, 0.5) is 0 Å². The van der Waals surface area contributed by atoms with E-state index in [9.17, 15) is 5.11 Å². The van der Waals surface area contributed by atoms with Crippen molar-refractivity contribution in [2.45, 2.75) is 0 Å². The summed E-state index contributed by atoms with van der Waals surface area (Å²) in [4.78, 5) is 4.52. The Labute approximate surface area is 125 Å². The molecule has 0 aliphatic heterocycles. The Balaban J connectivity index is 2.00. The maximum atomic E-state index is 10.2. The van der Waals surface area contributed by atoms with Gasteiger partial charge in [0.1, 0.15) is 5.76 Å². The molecular weight excluding hydrogens is 314 g/mol. The van der Waals surface area contributed by atoms with Crippen LogP contribution in [0, 0.1) is 0 Å². The molecule has 0 amide bonds. The highest BCUT2D eigenvalue weighted by molar-refractivity contribution is 9.10. The first-order chi connectivity index (χ1) is 9.72. The van der Waals surface area contributed by atoms with Crippen molar-refractivity contribution in [1.29, 1.82) is 0 Å². The first kappa shape index (κ1) is 12.9. The normalized spacial score (nSPS) is 11.8. The second-order valence-corrected chi connectivity index (χ2v) is 5.38. The fourth-order valence-electron chi connectivity index (χ4n) is 2.03. The molecular formula is C17H12BrNO. The Morgan fingerprint density at radius 1 is 1.00 bits per heavy atom. The number of hydrogen-bond acceptors (Lipinski definition) is 2. The molecule has 0 bridgehead atoms. The molecule has 0 aliphatic rings. The zero-order valence-electron chi connectivity index (χ0n) is 10.6. The highest BCUT2D eigenvalue weighted by Gasteiger charge is 2.01. The number of aliphatic hydroxyl groups is 1. The first-order valence-electron chi connectivity index (χ1n) is 6.25. The molecule has 0 aliphatic carbocycles. The third kappa shape index (κ3) is 2.73. The molecule has 98 valence electrons. The molecule has 0 radical (unpaired) electrons. The molecule has 0 atom stereocenters. The van der Waals surface area contributed by atoms with Crippen LogP contribution < -0.4 is 0 Å². The summed E-state index contributed by atoms with van der Waals surface area (Å²) in [6.07, 6.45) is 1.67. The van der Waals surface area contributed by atoms with E-state index in [0.717, 1.165) is 26.6 Å². The van der Waals surface area contributed by atoms with E-state index in [1.165, 1.54) is 0 Å². The Kier molecular flexibility index (Phi) is 3.52. The van der Waals surface area contributed by atoms with E-state index in [2.05, 4.69) is 20.9 Å². The topological polar surface area (TPSA) is 33.1 Å². The number of aliphatic hydroxyl groups excluding tert-OH is 1. The fraction of sp³-hybridized carbons (Fsp3) is 0. The number of fused-ring (bicyclic) bond motifs is 1. The SMILES string of the molecule is O/C(=C\c1ccc2ccccc2n1)c1cccc(Br)c1. The largest absolute Gasteiger partial charge is 0.507 e. The van der Waals surface area contributed by atoms with Crippen LogP contribution in [-0.2, 0) is 0 Å². The van der Waals surface area contributed by atoms with Crippen LogP contribution in [0.25, 0.3) is 22.7 Å². The lowest BCUT2D eigenvalue weighted by Crippen LogP contribution is -1.86. The molecule has 0 saturated carbocycles. The minimum Gasteiger partial charge on any atom is -0.507 e. The second-order valence-electron chi connectivity index (χ2n) is 4.47. The maximum Gasteiger partial charge on any atom is 0.124 e. The molecule has 1 heterocycles. The van der Waals surface area contributed by atoms with Gasteiger partial charge in [0, 0.05) is 21.5 Å². The molecule has 1 aromatic heterocycles. The maximum absolute atomic E-state index is 10.2. The quantitative estimate of drug-likeness (QED) is 0.668. The average molecular weight is 326 g/mol. The monoisotopic (exact) mass is 325 g/mol. The molecule has 2 nitrogen and oxygen atoms in total. The van der Waals surface area contributed by atoms with Gasteiger partial charge in [0.15, 0.2) is 0 Å². The lowest BCUT2D eigenvalue weighted by Gasteiger charge is -2.02. The molecule has 2 aromatic carbocycles. The van der Waals surface area contributed by atoms with Crippen molar-refractivity contribution < 1.29 is 5.11 Å². The summed E-state index contributed by atoms with van der Waals surface area (Å²) in [6, 6.07) is 19.4. The Morgan fingerprint density at radius 3 is 2.70 bits per heavy atom. The van der Waals surface area contributed by atoms with E-state index in [1.54, 1.807) is 6.08 Å². The summed E-state index contributed by atoms with van der Waals surface area (Å²) in [5.41, 5.74) is 2.42. The van der Waals surface area contributed by atoms with Gasteiger partial charge in [-0.1, -0.05) is 52.3 Å². The van der Waals surface area contributed by atoms with Crippen LogP contribution in [0.2, 0.25) is 0 Å². The van der Waals surface area contributed by atoms with Crippen LogP contribution in [0.5, 0.6) is 0 Å². The molecule has 3 heteroatoms. The van der Waals surface area contributed by atoms with Gasteiger partial charge in [-0.2, -0.15) is 0 Å². The van der Waals surface area contributed by atoms with Gasteiger partial charge in [-0.3, -0.25) is 0 Å². The van der Waals surface area contributed by atoms with E-state index in [-0.39, 0.29) is 5.76 Å². The van der Waals surface area contributed by atoms with Crippen molar-refractivity contribution in [2.75, 3.05) is 0 Å². The summed E-state index contributed by atoms with van der Waals surface area (Å²) >= 11 is 3.39. The van der Waals surface area contributed by atoms with Gasteiger partial charge in [-0.15, -0.1) is 0 Å². The minimum absolute atomic E-state index is 0.203. The van der Waals surface area contributed by atoms with Crippen LogP contribution in [0.15, 0.2) is 65.1 Å². The molecule has 20 heavy (non-hydrogen) atoms. The van der Waals surface area contributed by atoms with Gasteiger partial charge in [0.05, 0.1) is 11.2 Å². The van der Waals surface area contributed by atoms with Gasteiger partial charge >= 0.3 is 0 Å². The smallest absolute Gasteiger partial charge is 0.124 e. The van der Waals surface area contributed by atoms with Crippen molar-refractivity contribution in [1.82, 2.24) is 4.98 Å². The lowest BCUT2D eigenvalue weighted by atomic mass is 10.1. The zero-order chi connectivity index (χ0) is 13.9. The number of halogens is 1. The van der Waals surface area contributed by atoms with Crippen molar-refractivity contribution in [3.63, 3.8) is 0 Å². The highest BCUT2D eigenvalue weighted by Crippen LogP contribution is 2.20. The van der Waals surface area contributed by atoms with Gasteiger partial charge in [-0.25, -0.2) is 4.98 Å². The zero-order valence-corrected chi connectivity index (χ0v) is 12.2. The molecule has 1 N–H and O–H groups in total. The Morgan fingerprint density at radius 2 is 1.85 bits per heavy atom. The molecule has 0 unspecified atom stereocenters. The van der Waals surface area contributed by atoms with Crippen molar-refractivity contribution in [3.8, 4) is 0 Å². The van der Waals surface area contributed by atoms with Crippen molar-refractivity contribution in [2.24, 2.45) is 0 Å². The number of nitrogens with zero attached hydrogens (tertiary/aromatic N) is 1. The molecule has 0 fully saturated rings. The molecule has 3 rings (SSSR count). The van der Waals surface area contributed by atoms with Gasteiger partial charge < -0.3 is 5.11 Å². The molecule has 0 spiro atoms. The summed E-state index contributed by atoms with van der Waals surface area (Å²) < 4.78 is 0.932. The number of aromatic nitrogens is 1. The summed E-state index contributed by atoms with van der Waals surface area (Å²) in [7, 11) is 0. The Bertz CT molecular complexity index is 796. The number of para-hydroxylation sites is 1. The predicted molar refractivity (Wildman–Crippen MR) is 86.4 cm³/mol. The number of hydrogen-bond donors (Lipinski definition) is 1. The second kappa shape index (κ2) is 5.47. The van der Waals surface area contributed by atoms with Crippen molar-refractivity contribution in [3.05, 3.63) is 76.4 Å². The summed E-state index contributed by atoms with van der Waals surface area (Å²) in [5, 5.41) is 11.3. The standard InChI is InChI=1S/C17H12BrNO/c18-14-6-3-5-13(10-14)17(20)11-15-9-8-12-4-1-2-7-16(12)19-15/h1-11,20H/b17-11-. The van der Waals surface area contributed by atoms with E-state index in [4.69, 9.17) is 0 Å². The summed E-state index contributed by atoms with van der Waals surface area (Å²) in [5.74, 6) is 0.203. The third-order valence-electron chi connectivity index (χ3n) is 3.02. The van der Waals surface area contributed by atoms with Crippen LogP contribution >= 0.6 is 15.9 Å². The van der Waals surface area contributed by atoms with E-state index in [1.807, 2.05) is 60.7 Å². The fourth-order valence-corrected chi connectivity index (χ4v) is 2.43. The van der Waals surface area contributed by atoms with E-state index in [0.29, 0.717) is 0 Å². The van der Waals surface area contributed by atoms with Crippen molar-refractivity contribution >= 4 is 38.7 Å². The van der Waals surface area contributed by atoms with Crippen LogP contribution in [0.1, 0.15) is 11.3 Å². The van der Waals surface area contributed by atoms with Crippen LogP contribution in [-0.4, -0.2) is 10.1 Å². The van der Waals surface area contributed by atoms with E-state index >= 15 is 0 Å². The number of pyridine rings is 1. The number of benzene rings is 2.